The molecule has 58 heavy (non-hydrogen) atoms. The first-order chi connectivity index (χ1) is 28.8. The lowest BCUT2D eigenvalue weighted by molar-refractivity contribution is 0.684. The molecule has 4 heteroatoms. The molecule has 0 aliphatic rings. The molecule has 1 aromatic heterocycles. The fourth-order valence-electron chi connectivity index (χ4n) is 7.86. The zero-order valence-electron chi connectivity index (χ0n) is 31.7. The van der Waals surface area contributed by atoms with Gasteiger partial charge in [-0.25, -0.2) is 5.01 Å². The maximum Gasteiger partial charge on any atom is 0.115 e. The summed E-state index contributed by atoms with van der Waals surface area (Å²) in [7, 11) is 0. The quantitative estimate of drug-likeness (QED) is 0.148. The van der Waals surface area contributed by atoms with E-state index in [1.165, 1.54) is 11.1 Å². The van der Waals surface area contributed by atoms with Crippen molar-refractivity contribution in [3.8, 4) is 66.8 Å². The Balaban J connectivity index is 1.26. The fourth-order valence-corrected chi connectivity index (χ4v) is 7.86. The first kappa shape index (κ1) is 34.7. The largest absolute Gasteiger partial charge is 0.230 e. The lowest BCUT2D eigenvalue weighted by Crippen LogP contribution is -2.27. The van der Waals surface area contributed by atoms with Gasteiger partial charge >= 0.3 is 0 Å². The Morgan fingerprint density at radius 3 is 1.10 bits per heavy atom. The number of benzene rings is 9. The van der Waals surface area contributed by atoms with E-state index in [1.54, 1.807) is 0 Å². The number of para-hydroxylation sites is 1. The molecule has 0 N–H and O–H groups in total. The van der Waals surface area contributed by atoms with Crippen LogP contribution in [0.2, 0.25) is 0 Å². The summed E-state index contributed by atoms with van der Waals surface area (Å²) in [4.78, 5) is 1.96. The highest BCUT2D eigenvalue weighted by Gasteiger charge is 2.25. The summed E-state index contributed by atoms with van der Waals surface area (Å²) in [5, 5.41) is 11.9. The third kappa shape index (κ3) is 6.74. The van der Waals surface area contributed by atoms with Gasteiger partial charge in [0.15, 0.2) is 0 Å². The topological polar surface area (TPSA) is 34.0 Å². The molecule has 4 nitrogen and oxygen atoms in total. The summed E-state index contributed by atoms with van der Waals surface area (Å²) >= 11 is 0. The van der Waals surface area contributed by atoms with Crippen LogP contribution in [0.25, 0.3) is 77.8 Å². The summed E-state index contributed by atoms with van der Waals surface area (Å²) in [6.07, 6.45) is 0. The number of hydrogen-bond donors (Lipinski definition) is 0. The highest BCUT2D eigenvalue weighted by Crippen LogP contribution is 2.45. The van der Waals surface area contributed by atoms with Crippen molar-refractivity contribution in [1.82, 2.24) is 15.1 Å². The van der Waals surface area contributed by atoms with Gasteiger partial charge in [-0.05, 0) is 109 Å². The number of hydrogen-bond acceptors (Lipinski definition) is 3. The molecule has 1 heterocycles. The summed E-state index contributed by atoms with van der Waals surface area (Å²) in [6.45, 7) is 0. The van der Waals surface area contributed by atoms with E-state index in [2.05, 4.69) is 217 Å². The van der Waals surface area contributed by atoms with Gasteiger partial charge in [-0.1, -0.05) is 182 Å². The van der Waals surface area contributed by atoms with Crippen molar-refractivity contribution >= 4 is 22.4 Å². The molecular formula is C54H38N4. The molecule has 0 saturated heterocycles. The lowest BCUT2D eigenvalue weighted by Gasteiger charge is -2.30. The Kier molecular flexibility index (Phi) is 9.18. The van der Waals surface area contributed by atoms with Crippen molar-refractivity contribution in [2.75, 3.05) is 5.01 Å². The van der Waals surface area contributed by atoms with Crippen LogP contribution in [-0.4, -0.2) is 15.1 Å². The molecule has 0 aliphatic heterocycles. The Hall–Kier alpha value is -7.82. The van der Waals surface area contributed by atoms with Crippen LogP contribution < -0.4 is 5.01 Å². The first-order valence-corrected chi connectivity index (χ1v) is 19.6. The number of fused-ring (bicyclic) bond motifs is 1. The average Bonchev–Trinajstić information content (AvgIpc) is 3.74. The van der Waals surface area contributed by atoms with E-state index in [0.717, 1.165) is 78.0 Å². The van der Waals surface area contributed by atoms with Gasteiger partial charge in [0, 0.05) is 11.1 Å². The second kappa shape index (κ2) is 15.4. The van der Waals surface area contributed by atoms with E-state index in [-0.39, 0.29) is 0 Å². The van der Waals surface area contributed by atoms with Crippen LogP contribution in [0.5, 0.6) is 0 Å². The summed E-state index contributed by atoms with van der Waals surface area (Å²) in [5.41, 5.74) is 17.2. The third-order valence-electron chi connectivity index (χ3n) is 10.7. The first-order valence-electron chi connectivity index (χ1n) is 19.6. The number of anilines is 2. The van der Waals surface area contributed by atoms with Crippen molar-refractivity contribution in [3.63, 3.8) is 0 Å². The summed E-state index contributed by atoms with van der Waals surface area (Å²) in [6, 6.07) is 81.7. The van der Waals surface area contributed by atoms with Gasteiger partial charge < -0.3 is 0 Å². The van der Waals surface area contributed by atoms with Crippen LogP contribution in [-0.2, 0) is 0 Å². The molecule has 10 aromatic rings. The van der Waals surface area contributed by atoms with Crippen molar-refractivity contribution in [1.29, 1.82) is 0 Å². The monoisotopic (exact) mass is 742 g/mol. The molecule has 0 unspecified atom stereocenters. The van der Waals surface area contributed by atoms with Crippen LogP contribution in [0.15, 0.2) is 231 Å². The SMILES string of the molecule is c1ccc(-c2cccc(-c3cc(-c4ccccc4)ccc3N(c3ccc(-c4ccccc4)cc3-c3cccc(-c4ccccc4)c3)n3nnc4ccccc43)c2)cc1. The van der Waals surface area contributed by atoms with E-state index < -0.39 is 0 Å². The number of nitrogens with zero attached hydrogens (tertiary/aromatic N) is 4. The van der Waals surface area contributed by atoms with E-state index in [1.807, 2.05) is 23.0 Å². The maximum atomic E-state index is 4.90. The fraction of sp³-hybridized carbons (Fsp3) is 0. The van der Waals surface area contributed by atoms with E-state index >= 15 is 0 Å². The molecule has 0 radical (unpaired) electrons. The van der Waals surface area contributed by atoms with Gasteiger partial charge in [-0.3, -0.25) is 0 Å². The van der Waals surface area contributed by atoms with Gasteiger partial charge in [-0.15, -0.1) is 9.89 Å². The maximum absolute atomic E-state index is 4.90. The van der Waals surface area contributed by atoms with Gasteiger partial charge in [0.2, 0.25) is 0 Å². The highest BCUT2D eigenvalue weighted by atomic mass is 15.7. The predicted octanol–water partition coefficient (Wildman–Crippen LogP) is 14.0. The average molecular weight is 743 g/mol. The van der Waals surface area contributed by atoms with Crippen LogP contribution in [0.3, 0.4) is 0 Å². The molecule has 0 spiro atoms. The third-order valence-corrected chi connectivity index (χ3v) is 10.7. The number of aromatic nitrogens is 3. The minimum Gasteiger partial charge on any atom is -0.230 e. The minimum atomic E-state index is 0.814. The van der Waals surface area contributed by atoms with E-state index in [9.17, 15) is 0 Å². The van der Waals surface area contributed by atoms with Crippen molar-refractivity contribution in [2.24, 2.45) is 0 Å². The Morgan fingerprint density at radius 1 is 0.293 bits per heavy atom. The predicted molar refractivity (Wildman–Crippen MR) is 241 cm³/mol. The smallest absolute Gasteiger partial charge is 0.115 e. The van der Waals surface area contributed by atoms with Gasteiger partial charge in [0.1, 0.15) is 11.0 Å². The molecule has 0 fully saturated rings. The Morgan fingerprint density at radius 2 is 0.655 bits per heavy atom. The standard InChI is InChI=1S/C54H38N4/c1-5-17-39(18-6-1)43-25-15-27-47(35-43)49-37-45(41-21-9-3-10-22-41)31-33-52(49)57(58-54-30-14-13-29-51(54)55-56-58)53-34-32-46(42-23-11-4-12-24-42)38-50(53)48-28-16-26-44(36-48)40-19-7-2-8-20-40/h1-38H. The van der Waals surface area contributed by atoms with Crippen molar-refractivity contribution in [3.05, 3.63) is 231 Å². The summed E-state index contributed by atoms with van der Waals surface area (Å²) in [5.74, 6) is 0. The van der Waals surface area contributed by atoms with Crippen molar-refractivity contribution < 1.29 is 0 Å². The van der Waals surface area contributed by atoms with Crippen molar-refractivity contribution in [2.45, 2.75) is 0 Å². The van der Waals surface area contributed by atoms with E-state index in [0.29, 0.717) is 0 Å². The Bertz CT molecular complexity index is 2820. The van der Waals surface area contributed by atoms with Gasteiger partial charge in [0.05, 0.1) is 11.4 Å². The molecule has 10 rings (SSSR count). The minimum absolute atomic E-state index is 0.814. The molecule has 274 valence electrons. The van der Waals surface area contributed by atoms with Crippen LogP contribution in [0.4, 0.5) is 11.4 Å². The zero-order valence-corrected chi connectivity index (χ0v) is 31.7. The molecule has 0 saturated carbocycles. The second-order valence-corrected chi connectivity index (χ2v) is 14.4. The Labute approximate surface area is 338 Å². The zero-order chi connectivity index (χ0) is 38.7. The van der Waals surface area contributed by atoms with Crippen LogP contribution in [0, 0.1) is 0 Å². The van der Waals surface area contributed by atoms with Gasteiger partial charge in [-0.2, -0.15) is 0 Å². The normalized spacial score (nSPS) is 11.1. The molecule has 9 aromatic carbocycles. The molecule has 0 aliphatic carbocycles. The second-order valence-electron chi connectivity index (χ2n) is 14.4. The highest BCUT2D eigenvalue weighted by molar-refractivity contribution is 5.94. The van der Waals surface area contributed by atoms with Crippen LogP contribution >= 0.6 is 0 Å². The van der Waals surface area contributed by atoms with Gasteiger partial charge in [0.25, 0.3) is 0 Å². The molecule has 0 bridgehead atoms. The summed E-state index contributed by atoms with van der Waals surface area (Å²) < 4.78 is 0. The molecule has 0 atom stereocenters. The van der Waals surface area contributed by atoms with Crippen LogP contribution in [0.1, 0.15) is 0 Å². The van der Waals surface area contributed by atoms with E-state index in [4.69, 9.17) is 10.3 Å². The molecule has 0 amide bonds. The lowest BCUT2D eigenvalue weighted by atomic mass is 9.93. The molecular weight excluding hydrogens is 705 g/mol. The number of rotatable bonds is 9.